The van der Waals surface area contributed by atoms with Crippen LogP contribution in [-0.4, -0.2) is 32.4 Å². The monoisotopic (exact) mass is 384 g/mol. The highest BCUT2D eigenvalue weighted by Crippen LogP contribution is 2.15. The normalized spacial score (nSPS) is 10.3. The largest absolute Gasteiger partial charge is 0.336 e. The Labute approximate surface area is 138 Å². The molecule has 0 spiro atoms. The molecule has 2 rings (SSSR count). The molecule has 0 atom stereocenters. The molecule has 10 heteroatoms. The number of amides is 2. The van der Waals surface area contributed by atoms with E-state index in [9.17, 15) is 9.59 Å². The Hall–Kier alpha value is -2.07. The van der Waals surface area contributed by atoms with E-state index in [0.29, 0.717) is 21.0 Å². The summed E-state index contributed by atoms with van der Waals surface area (Å²) in [6.07, 6.45) is 0. The molecule has 0 saturated heterocycles. The van der Waals surface area contributed by atoms with Gasteiger partial charge in [-0.25, -0.2) is 4.68 Å². The lowest BCUT2D eigenvalue weighted by atomic mass is 10.2. The van der Waals surface area contributed by atoms with Crippen molar-refractivity contribution in [2.45, 2.75) is 12.1 Å². The third kappa shape index (κ3) is 3.98. The Balaban J connectivity index is 1.82. The predicted octanol–water partition coefficient (Wildman–Crippen LogP) is 0.616. The second-order valence-electron chi connectivity index (χ2n) is 4.17. The van der Waals surface area contributed by atoms with Gasteiger partial charge in [0.1, 0.15) is 5.82 Å². The van der Waals surface area contributed by atoms with Gasteiger partial charge in [-0.15, -0.1) is 10.2 Å². The summed E-state index contributed by atoms with van der Waals surface area (Å²) in [7, 11) is 0. The van der Waals surface area contributed by atoms with Crippen molar-refractivity contribution in [3.8, 4) is 0 Å². The number of benzene rings is 1. The van der Waals surface area contributed by atoms with E-state index >= 15 is 0 Å². The van der Waals surface area contributed by atoms with E-state index in [-0.39, 0.29) is 11.7 Å². The third-order valence-electron chi connectivity index (χ3n) is 2.60. The van der Waals surface area contributed by atoms with Crippen LogP contribution in [0.1, 0.15) is 16.2 Å². The Kier molecular flexibility index (Phi) is 5.39. The number of nitrogens with two attached hydrogens (primary N) is 1. The van der Waals surface area contributed by atoms with Crippen LogP contribution in [0.25, 0.3) is 0 Å². The average Bonchev–Trinajstić information content (AvgIpc) is 2.82. The summed E-state index contributed by atoms with van der Waals surface area (Å²) in [6, 6.07) is 6.90. The van der Waals surface area contributed by atoms with Crippen molar-refractivity contribution in [3.05, 3.63) is 40.1 Å². The van der Waals surface area contributed by atoms with E-state index in [1.807, 2.05) is 0 Å². The molecular weight excluding hydrogens is 372 g/mol. The van der Waals surface area contributed by atoms with Gasteiger partial charge in [0.2, 0.25) is 11.1 Å². The minimum Gasteiger partial charge on any atom is -0.336 e. The van der Waals surface area contributed by atoms with Crippen molar-refractivity contribution in [1.29, 1.82) is 0 Å². The highest BCUT2D eigenvalue weighted by molar-refractivity contribution is 9.10. The second-order valence-corrected chi connectivity index (χ2v) is 5.97. The first-order chi connectivity index (χ1) is 10.5. The number of hydrogen-bond acceptors (Lipinski definition) is 6. The van der Waals surface area contributed by atoms with E-state index in [0.717, 1.165) is 11.8 Å². The van der Waals surface area contributed by atoms with Gasteiger partial charge in [0.05, 0.1) is 11.3 Å². The predicted molar refractivity (Wildman–Crippen MR) is 85.4 cm³/mol. The van der Waals surface area contributed by atoms with Crippen LogP contribution in [0.3, 0.4) is 0 Å². The molecule has 1 aromatic heterocycles. The SMILES string of the molecule is Cc1nnc(SCC(=O)NNC(=O)c2ccccc2Br)n1N. The van der Waals surface area contributed by atoms with Crippen molar-refractivity contribution < 1.29 is 9.59 Å². The molecule has 0 bridgehead atoms. The molecule has 0 aliphatic carbocycles. The van der Waals surface area contributed by atoms with Crippen molar-refractivity contribution in [3.63, 3.8) is 0 Å². The summed E-state index contributed by atoms with van der Waals surface area (Å²) in [4.78, 5) is 23.6. The van der Waals surface area contributed by atoms with E-state index in [1.54, 1.807) is 31.2 Å². The van der Waals surface area contributed by atoms with Gasteiger partial charge < -0.3 is 5.84 Å². The quantitative estimate of drug-likeness (QED) is 0.404. The van der Waals surface area contributed by atoms with Crippen LogP contribution >= 0.6 is 27.7 Å². The smallest absolute Gasteiger partial charge is 0.270 e. The lowest BCUT2D eigenvalue weighted by molar-refractivity contribution is -0.119. The van der Waals surface area contributed by atoms with Crippen molar-refractivity contribution >= 4 is 39.5 Å². The van der Waals surface area contributed by atoms with Crippen LogP contribution in [0.4, 0.5) is 0 Å². The average molecular weight is 385 g/mol. The van der Waals surface area contributed by atoms with Gasteiger partial charge in [0.25, 0.3) is 5.91 Å². The number of aryl methyl sites for hydroxylation is 1. The lowest BCUT2D eigenvalue weighted by Gasteiger charge is -2.08. The van der Waals surface area contributed by atoms with Gasteiger partial charge in [0, 0.05) is 4.47 Å². The van der Waals surface area contributed by atoms with Gasteiger partial charge in [-0.3, -0.25) is 20.4 Å². The number of nitrogens with one attached hydrogen (secondary N) is 2. The number of aromatic nitrogens is 3. The van der Waals surface area contributed by atoms with Crippen LogP contribution in [0.15, 0.2) is 33.9 Å². The zero-order valence-electron chi connectivity index (χ0n) is 11.5. The molecule has 2 amide bonds. The standard InChI is InChI=1S/C12H13BrN6O2S/c1-7-15-18-12(19(7)14)22-6-10(20)16-17-11(21)8-4-2-3-5-9(8)13/h2-5H,6,14H2,1H3,(H,16,20)(H,17,21). The lowest BCUT2D eigenvalue weighted by Crippen LogP contribution is -2.42. The molecular formula is C12H13BrN6O2S. The van der Waals surface area contributed by atoms with Crippen LogP contribution in [0, 0.1) is 6.92 Å². The van der Waals surface area contributed by atoms with Crippen LogP contribution < -0.4 is 16.7 Å². The molecule has 0 radical (unpaired) electrons. The number of thioether (sulfide) groups is 1. The molecule has 116 valence electrons. The zero-order valence-corrected chi connectivity index (χ0v) is 13.9. The Bertz CT molecular complexity index is 705. The fraction of sp³-hybridized carbons (Fsp3) is 0.167. The maximum absolute atomic E-state index is 11.9. The number of hydrogen-bond donors (Lipinski definition) is 3. The van der Waals surface area contributed by atoms with Crippen LogP contribution in [0.5, 0.6) is 0 Å². The van der Waals surface area contributed by atoms with Gasteiger partial charge in [0.15, 0.2) is 0 Å². The summed E-state index contributed by atoms with van der Waals surface area (Å²) < 4.78 is 1.93. The van der Waals surface area contributed by atoms with Crippen molar-refractivity contribution in [2.24, 2.45) is 0 Å². The Morgan fingerprint density at radius 3 is 2.68 bits per heavy atom. The molecule has 1 aromatic carbocycles. The number of rotatable bonds is 4. The van der Waals surface area contributed by atoms with Crippen LogP contribution in [0.2, 0.25) is 0 Å². The highest BCUT2D eigenvalue weighted by atomic mass is 79.9. The minimum absolute atomic E-state index is 0.0472. The maximum atomic E-state index is 11.9. The first-order valence-corrected chi connectivity index (χ1v) is 7.90. The number of carbonyl (C=O) groups excluding carboxylic acids is 2. The first-order valence-electron chi connectivity index (χ1n) is 6.12. The summed E-state index contributed by atoms with van der Waals surface area (Å²) >= 11 is 4.38. The van der Waals surface area contributed by atoms with E-state index in [2.05, 4.69) is 37.0 Å². The zero-order chi connectivity index (χ0) is 16.1. The molecule has 1 heterocycles. The first kappa shape index (κ1) is 16.3. The molecule has 0 saturated carbocycles. The summed E-state index contributed by atoms with van der Waals surface area (Å²) in [5.41, 5.74) is 5.09. The van der Waals surface area contributed by atoms with Crippen molar-refractivity contribution in [1.82, 2.24) is 25.7 Å². The highest BCUT2D eigenvalue weighted by Gasteiger charge is 2.12. The summed E-state index contributed by atoms with van der Waals surface area (Å²) in [5.74, 6) is 5.46. The number of hydrazine groups is 1. The molecule has 8 nitrogen and oxygen atoms in total. The second kappa shape index (κ2) is 7.27. The molecule has 0 fully saturated rings. The van der Waals surface area contributed by atoms with Crippen LogP contribution in [-0.2, 0) is 4.79 Å². The number of nitrogen functional groups attached to an aromatic ring is 1. The number of halogens is 1. The Morgan fingerprint density at radius 2 is 2.05 bits per heavy atom. The Morgan fingerprint density at radius 1 is 1.32 bits per heavy atom. The molecule has 0 aliphatic heterocycles. The van der Waals surface area contributed by atoms with Gasteiger partial charge in [-0.1, -0.05) is 23.9 Å². The topological polar surface area (TPSA) is 115 Å². The molecule has 4 N–H and O–H groups in total. The minimum atomic E-state index is -0.413. The fourth-order valence-corrected chi connectivity index (χ4v) is 2.62. The third-order valence-corrected chi connectivity index (χ3v) is 4.24. The maximum Gasteiger partial charge on any atom is 0.270 e. The molecule has 22 heavy (non-hydrogen) atoms. The van der Waals surface area contributed by atoms with Gasteiger partial charge >= 0.3 is 0 Å². The fourth-order valence-electron chi connectivity index (χ4n) is 1.45. The van der Waals surface area contributed by atoms with E-state index in [1.165, 1.54) is 4.68 Å². The molecule has 0 unspecified atom stereocenters. The van der Waals surface area contributed by atoms with Gasteiger partial charge in [-0.05, 0) is 35.0 Å². The number of carbonyl (C=O) groups is 2. The summed E-state index contributed by atoms with van der Waals surface area (Å²) in [6.45, 7) is 1.70. The van der Waals surface area contributed by atoms with E-state index in [4.69, 9.17) is 5.84 Å². The number of nitrogens with zero attached hydrogens (tertiary/aromatic N) is 3. The van der Waals surface area contributed by atoms with E-state index < -0.39 is 5.91 Å². The molecule has 0 aliphatic rings. The summed E-state index contributed by atoms with van der Waals surface area (Å²) in [5, 5.41) is 8.02. The van der Waals surface area contributed by atoms with Crippen molar-refractivity contribution in [2.75, 3.05) is 11.6 Å². The molecule has 2 aromatic rings. The van der Waals surface area contributed by atoms with Gasteiger partial charge in [-0.2, -0.15) is 0 Å².